The van der Waals surface area contributed by atoms with E-state index in [0.717, 1.165) is 63.7 Å². The van der Waals surface area contributed by atoms with Crippen LogP contribution in [0.3, 0.4) is 0 Å². The van der Waals surface area contributed by atoms with Crippen LogP contribution in [0.1, 0.15) is 26.7 Å². The van der Waals surface area contributed by atoms with Crippen LogP contribution in [0.2, 0.25) is 0 Å². The summed E-state index contributed by atoms with van der Waals surface area (Å²) in [6.07, 6.45) is 2.61. The smallest absolute Gasteiger partial charge is 0.193 e. The maximum absolute atomic E-state index is 5.57. The Morgan fingerprint density at radius 2 is 1.92 bits per heavy atom. The molecule has 5 nitrogen and oxygen atoms in total. The Kier molecular flexibility index (Phi) is 8.62. The SMILES string of the molecule is CN=C(NCC1(N2CCOCC2)CCSC1)N1CC(C)CC(C)C1.I. The molecule has 0 aromatic carbocycles. The van der Waals surface area contributed by atoms with Gasteiger partial charge in [-0.3, -0.25) is 9.89 Å². The van der Waals surface area contributed by atoms with Crippen molar-refractivity contribution in [1.29, 1.82) is 0 Å². The Morgan fingerprint density at radius 3 is 2.48 bits per heavy atom. The minimum absolute atomic E-state index is 0. The average Bonchev–Trinajstić information content (AvgIpc) is 3.05. The molecule has 3 unspecified atom stereocenters. The fraction of sp³-hybridized carbons (Fsp3) is 0.944. The highest BCUT2D eigenvalue weighted by Gasteiger charge is 2.41. The number of rotatable bonds is 3. The maximum atomic E-state index is 5.57. The predicted octanol–water partition coefficient (Wildman–Crippen LogP) is 2.37. The largest absolute Gasteiger partial charge is 0.379 e. The van der Waals surface area contributed by atoms with Crippen molar-refractivity contribution in [2.24, 2.45) is 16.8 Å². The number of nitrogens with zero attached hydrogens (tertiary/aromatic N) is 3. The predicted molar refractivity (Wildman–Crippen MR) is 118 cm³/mol. The van der Waals surface area contributed by atoms with Crippen molar-refractivity contribution in [2.45, 2.75) is 32.2 Å². The zero-order valence-electron chi connectivity index (χ0n) is 16.0. The number of hydrogen-bond donors (Lipinski definition) is 1. The van der Waals surface area contributed by atoms with Crippen molar-refractivity contribution >= 4 is 41.7 Å². The third-order valence-corrected chi connectivity index (χ3v) is 6.95. The van der Waals surface area contributed by atoms with Gasteiger partial charge in [-0.1, -0.05) is 13.8 Å². The molecule has 0 spiro atoms. The van der Waals surface area contributed by atoms with E-state index in [1.165, 1.54) is 24.3 Å². The zero-order valence-corrected chi connectivity index (χ0v) is 19.1. The molecule has 1 N–H and O–H groups in total. The van der Waals surface area contributed by atoms with E-state index in [-0.39, 0.29) is 29.5 Å². The summed E-state index contributed by atoms with van der Waals surface area (Å²) in [5.41, 5.74) is 0.275. The van der Waals surface area contributed by atoms with Gasteiger partial charge in [0.25, 0.3) is 0 Å². The van der Waals surface area contributed by atoms with Crippen molar-refractivity contribution in [3.8, 4) is 0 Å². The Labute approximate surface area is 174 Å². The Hall–Kier alpha value is 0.270. The number of guanidine groups is 1. The first-order chi connectivity index (χ1) is 11.6. The summed E-state index contributed by atoms with van der Waals surface area (Å²) in [6.45, 7) is 11.9. The lowest BCUT2D eigenvalue weighted by Gasteiger charge is -2.44. The second-order valence-corrected chi connectivity index (χ2v) is 8.98. The lowest BCUT2D eigenvalue weighted by atomic mass is 9.92. The molecular formula is C18H35IN4OS. The fourth-order valence-corrected chi connectivity index (χ4v) is 6.02. The lowest BCUT2D eigenvalue weighted by Crippen LogP contribution is -2.60. The number of hydrogen-bond acceptors (Lipinski definition) is 4. The van der Waals surface area contributed by atoms with Crippen molar-refractivity contribution in [3.05, 3.63) is 0 Å². The van der Waals surface area contributed by atoms with Crippen LogP contribution in [0.25, 0.3) is 0 Å². The number of nitrogens with one attached hydrogen (secondary N) is 1. The molecule has 25 heavy (non-hydrogen) atoms. The summed E-state index contributed by atoms with van der Waals surface area (Å²) < 4.78 is 5.57. The molecule has 3 rings (SSSR count). The van der Waals surface area contributed by atoms with Crippen molar-refractivity contribution in [2.75, 3.05) is 64.5 Å². The number of halogens is 1. The second-order valence-electron chi connectivity index (χ2n) is 7.88. The first-order valence-electron chi connectivity index (χ1n) is 9.49. The van der Waals surface area contributed by atoms with Gasteiger partial charge in [0.1, 0.15) is 0 Å². The molecule has 0 bridgehead atoms. The molecule has 3 heterocycles. The van der Waals surface area contributed by atoms with Crippen LogP contribution in [0, 0.1) is 11.8 Å². The monoisotopic (exact) mass is 482 g/mol. The van der Waals surface area contributed by atoms with Gasteiger partial charge in [-0.25, -0.2) is 0 Å². The van der Waals surface area contributed by atoms with Gasteiger partial charge in [-0.2, -0.15) is 11.8 Å². The molecule has 0 amide bonds. The second kappa shape index (κ2) is 9.99. The van der Waals surface area contributed by atoms with Gasteiger partial charge in [-0.05, 0) is 30.4 Å². The minimum Gasteiger partial charge on any atom is -0.379 e. The molecule has 3 saturated heterocycles. The fourth-order valence-electron chi connectivity index (χ4n) is 4.55. The summed E-state index contributed by atoms with van der Waals surface area (Å²) in [5.74, 6) is 5.10. The van der Waals surface area contributed by atoms with E-state index in [9.17, 15) is 0 Å². The highest BCUT2D eigenvalue weighted by Crippen LogP contribution is 2.33. The van der Waals surface area contributed by atoms with E-state index in [1.54, 1.807) is 0 Å². The molecule has 0 aliphatic carbocycles. The van der Waals surface area contributed by atoms with Gasteiger partial charge in [0.05, 0.1) is 13.2 Å². The number of aliphatic imine (C=N–C) groups is 1. The molecule has 146 valence electrons. The quantitative estimate of drug-likeness (QED) is 0.380. The third-order valence-electron chi connectivity index (χ3n) is 5.72. The molecule has 3 atom stereocenters. The average molecular weight is 482 g/mol. The van der Waals surface area contributed by atoms with Gasteiger partial charge in [0.15, 0.2) is 5.96 Å². The summed E-state index contributed by atoms with van der Waals surface area (Å²) >= 11 is 2.09. The summed E-state index contributed by atoms with van der Waals surface area (Å²) in [4.78, 5) is 9.73. The van der Waals surface area contributed by atoms with Gasteiger partial charge in [0, 0.05) is 51.1 Å². The van der Waals surface area contributed by atoms with Crippen LogP contribution in [-0.4, -0.2) is 85.8 Å². The highest BCUT2D eigenvalue weighted by molar-refractivity contribution is 14.0. The summed E-state index contributed by atoms with van der Waals surface area (Å²) in [7, 11) is 1.93. The van der Waals surface area contributed by atoms with Gasteiger partial charge in [-0.15, -0.1) is 24.0 Å². The molecule has 0 aromatic heterocycles. The van der Waals surface area contributed by atoms with E-state index in [4.69, 9.17) is 4.74 Å². The van der Waals surface area contributed by atoms with Gasteiger partial charge < -0.3 is 15.0 Å². The van der Waals surface area contributed by atoms with E-state index in [2.05, 4.69) is 45.7 Å². The van der Waals surface area contributed by atoms with Crippen LogP contribution in [-0.2, 0) is 4.74 Å². The molecule has 0 aromatic rings. The molecule has 0 saturated carbocycles. The molecule has 7 heteroatoms. The normalized spacial score (nSPS) is 34.7. The Balaban J connectivity index is 0.00000225. The van der Waals surface area contributed by atoms with Gasteiger partial charge in [0.2, 0.25) is 0 Å². The number of ether oxygens (including phenoxy) is 1. The topological polar surface area (TPSA) is 40.1 Å². The van der Waals surface area contributed by atoms with Crippen LogP contribution in [0.4, 0.5) is 0 Å². The minimum atomic E-state index is 0. The van der Waals surface area contributed by atoms with Crippen LogP contribution >= 0.6 is 35.7 Å². The molecule has 3 aliphatic heterocycles. The van der Waals surface area contributed by atoms with E-state index < -0.39 is 0 Å². The Morgan fingerprint density at radius 1 is 1.24 bits per heavy atom. The van der Waals surface area contributed by atoms with Crippen LogP contribution < -0.4 is 5.32 Å². The number of morpholine rings is 1. The van der Waals surface area contributed by atoms with Gasteiger partial charge >= 0.3 is 0 Å². The summed E-state index contributed by atoms with van der Waals surface area (Å²) in [5, 5.41) is 3.74. The van der Waals surface area contributed by atoms with Crippen molar-refractivity contribution < 1.29 is 4.74 Å². The third kappa shape index (κ3) is 5.39. The molecule has 3 fully saturated rings. The summed E-state index contributed by atoms with van der Waals surface area (Å²) in [6, 6.07) is 0. The van der Waals surface area contributed by atoms with E-state index in [0.29, 0.717) is 0 Å². The first-order valence-corrected chi connectivity index (χ1v) is 10.6. The number of piperidine rings is 1. The van der Waals surface area contributed by atoms with Crippen LogP contribution in [0.15, 0.2) is 4.99 Å². The number of likely N-dealkylation sites (tertiary alicyclic amines) is 1. The molecular weight excluding hydrogens is 447 g/mol. The zero-order chi connectivity index (χ0) is 17.0. The first kappa shape index (κ1) is 21.6. The number of thioether (sulfide) groups is 1. The highest BCUT2D eigenvalue weighted by atomic mass is 127. The standard InChI is InChI=1S/C18H34N4OS.HI/c1-15-10-16(2)12-21(11-15)17(19-3)20-13-18(4-9-24-14-18)22-5-7-23-8-6-22;/h15-16H,4-14H2,1-3H3,(H,19,20);1H. The van der Waals surface area contributed by atoms with Crippen molar-refractivity contribution in [3.63, 3.8) is 0 Å². The molecule has 3 aliphatic rings. The Bertz CT molecular complexity index is 429. The van der Waals surface area contributed by atoms with E-state index >= 15 is 0 Å². The van der Waals surface area contributed by atoms with Crippen LogP contribution in [0.5, 0.6) is 0 Å². The lowest BCUT2D eigenvalue weighted by molar-refractivity contribution is -0.0122. The molecule has 0 radical (unpaired) electrons. The van der Waals surface area contributed by atoms with Crippen molar-refractivity contribution in [1.82, 2.24) is 15.1 Å². The van der Waals surface area contributed by atoms with E-state index in [1.807, 2.05) is 7.05 Å². The maximum Gasteiger partial charge on any atom is 0.193 e.